The first-order valence-corrected chi connectivity index (χ1v) is 7.44. The van der Waals surface area contributed by atoms with Crippen LogP contribution in [0, 0.1) is 27.7 Å². The summed E-state index contributed by atoms with van der Waals surface area (Å²) in [5, 5.41) is 6.78. The van der Waals surface area contributed by atoms with Gasteiger partial charge in [-0.3, -0.25) is 0 Å². The summed E-state index contributed by atoms with van der Waals surface area (Å²) in [6, 6.07) is 6.42. The van der Waals surface area contributed by atoms with Crippen LogP contribution < -0.4 is 10.6 Å². The van der Waals surface area contributed by atoms with Crippen LogP contribution in [0.1, 0.15) is 35.9 Å². The number of nitrogens with zero attached hydrogens (tertiary/aromatic N) is 2. The molecule has 2 aromatic rings. The molecule has 4 nitrogen and oxygen atoms in total. The van der Waals surface area contributed by atoms with Crippen molar-refractivity contribution in [2.24, 2.45) is 0 Å². The lowest BCUT2D eigenvalue weighted by Gasteiger charge is -2.14. The van der Waals surface area contributed by atoms with E-state index in [1.807, 2.05) is 13.8 Å². The standard InChI is InChI=1S/C17H24N4/c1-6-7-18-16-13(4)17(20-14(5)19-16)21-15-9-11(2)8-12(3)10-15/h8-10H,6-7H2,1-5H3,(H2,18,19,20,21). The van der Waals surface area contributed by atoms with Crippen molar-refractivity contribution >= 4 is 17.3 Å². The van der Waals surface area contributed by atoms with Crippen molar-refractivity contribution in [1.82, 2.24) is 9.97 Å². The summed E-state index contributed by atoms with van der Waals surface area (Å²) in [5.74, 6) is 2.55. The average molecular weight is 284 g/mol. The van der Waals surface area contributed by atoms with Crippen molar-refractivity contribution in [2.75, 3.05) is 17.2 Å². The predicted molar refractivity (Wildman–Crippen MR) is 89.5 cm³/mol. The lowest BCUT2D eigenvalue weighted by atomic mass is 10.1. The number of aromatic nitrogens is 2. The molecule has 0 spiro atoms. The highest BCUT2D eigenvalue weighted by molar-refractivity contribution is 5.65. The first kappa shape index (κ1) is 15.3. The smallest absolute Gasteiger partial charge is 0.139 e. The van der Waals surface area contributed by atoms with Crippen LogP contribution in [0.3, 0.4) is 0 Å². The fourth-order valence-corrected chi connectivity index (χ4v) is 2.35. The molecule has 0 atom stereocenters. The number of hydrogen-bond acceptors (Lipinski definition) is 4. The van der Waals surface area contributed by atoms with E-state index < -0.39 is 0 Å². The third-order valence-corrected chi connectivity index (χ3v) is 3.28. The molecular weight excluding hydrogens is 260 g/mol. The van der Waals surface area contributed by atoms with Gasteiger partial charge in [-0.1, -0.05) is 13.0 Å². The Bertz CT molecular complexity index is 615. The third-order valence-electron chi connectivity index (χ3n) is 3.28. The van der Waals surface area contributed by atoms with Gasteiger partial charge in [-0.05, 0) is 57.4 Å². The van der Waals surface area contributed by atoms with Gasteiger partial charge < -0.3 is 10.6 Å². The number of benzene rings is 1. The molecule has 0 amide bonds. The second-order valence-corrected chi connectivity index (χ2v) is 5.52. The molecule has 112 valence electrons. The highest BCUT2D eigenvalue weighted by Gasteiger charge is 2.09. The molecule has 21 heavy (non-hydrogen) atoms. The molecule has 0 unspecified atom stereocenters. The van der Waals surface area contributed by atoms with Crippen LogP contribution in [0.2, 0.25) is 0 Å². The van der Waals surface area contributed by atoms with Gasteiger partial charge in [-0.2, -0.15) is 0 Å². The van der Waals surface area contributed by atoms with Crippen molar-refractivity contribution < 1.29 is 0 Å². The predicted octanol–water partition coefficient (Wildman–Crippen LogP) is 4.28. The molecule has 2 N–H and O–H groups in total. The minimum Gasteiger partial charge on any atom is -0.370 e. The van der Waals surface area contributed by atoms with Crippen LogP contribution in [0.5, 0.6) is 0 Å². The molecule has 0 fully saturated rings. The molecule has 4 heteroatoms. The monoisotopic (exact) mass is 284 g/mol. The van der Waals surface area contributed by atoms with Gasteiger partial charge in [0.1, 0.15) is 17.5 Å². The van der Waals surface area contributed by atoms with E-state index in [1.165, 1.54) is 11.1 Å². The minimum atomic E-state index is 0.770. The Morgan fingerprint density at radius 3 is 2.14 bits per heavy atom. The molecule has 0 bridgehead atoms. The minimum absolute atomic E-state index is 0.770. The highest BCUT2D eigenvalue weighted by atomic mass is 15.1. The van der Waals surface area contributed by atoms with Crippen molar-refractivity contribution in [3.63, 3.8) is 0 Å². The molecule has 2 rings (SSSR count). The summed E-state index contributed by atoms with van der Waals surface area (Å²) >= 11 is 0. The van der Waals surface area contributed by atoms with Crippen molar-refractivity contribution in [2.45, 2.75) is 41.0 Å². The lowest BCUT2D eigenvalue weighted by Crippen LogP contribution is -2.09. The Morgan fingerprint density at radius 2 is 1.52 bits per heavy atom. The highest BCUT2D eigenvalue weighted by Crippen LogP contribution is 2.24. The van der Waals surface area contributed by atoms with Gasteiger partial charge in [-0.25, -0.2) is 9.97 Å². The van der Waals surface area contributed by atoms with Gasteiger partial charge in [0.2, 0.25) is 0 Å². The van der Waals surface area contributed by atoms with Gasteiger partial charge in [0.25, 0.3) is 0 Å². The normalized spacial score (nSPS) is 10.5. The second kappa shape index (κ2) is 6.57. The van der Waals surface area contributed by atoms with E-state index in [9.17, 15) is 0 Å². The number of hydrogen-bond donors (Lipinski definition) is 2. The zero-order valence-corrected chi connectivity index (χ0v) is 13.5. The number of rotatable bonds is 5. The lowest BCUT2D eigenvalue weighted by molar-refractivity contribution is 0.948. The maximum atomic E-state index is 4.53. The Labute approximate surface area is 127 Å². The van der Waals surface area contributed by atoms with Crippen LogP contribution in [0.4, 0.5) is 17.3 Å². The van der Waals surface area contributed by atoms with Gasteiger partial charge >= 0.3 is 0 Å². The van der Waals surface area contributed by atoms with Gasteiger partial charge in [0.15, 0.2) is 0 Å². The fraction of sp³-hybridized carbons (Fsp3) is 0.412. The van der Waals surface area contributed by atoms with Gasteiger partial charge in [0, 0.05) is 17.8 Å². The fourth-order valence-electron chi connectivity index (χ4n) is 2.35. The Morgan fingerprint density at radius 1 is 0.905 bits per heavy atom. The summed E-state index contributed by atoms with van der Waals surface area (Å²) < 4.78 is 0. The first-order valence-electron chi connectivity index (χ1n) is 7.44. The van der Waals surface area contributed by atoms with Crippen LogP contribution in [0.15, 0.2) is 18.2 Å². The zero-order chi connectivity index (χ0) is 15.4. The van der Waals surface area contributed by atoms with Crippen LogP contribution in [-0.2, 0) is 0 Å². The largest absolute Gasteiger partial charge is 0.370 e. The third kappa shape index (κ3) is 3.94. The zero-order valence-electron chi connectivity index (χ0n) is 13.5. The van der Waals surface area contributed by atoms with E-state index in [0.717, 1.165) is 41.7 Å². The van der Waals surface area contributed by atoms with Crippen LogP contribution in [0.25, 0.3) is 0 Å². The van der Waals surface area contributed by atoms with Crippen molar-refractivity contribution in [1.29, 1.82) is 0 Å². The SMILES string of the molecule is CCCNc1nc(C)nc(Nc2cc(C)cc(C)c2)c1C. The average Bonchev–Trinajstić information content (AvgIpc) is 2.39. The maximum absolute atomic E-state index is 4.53. The topological polar surface area (TPSA) is 49.8 Å². The van der Waals surface area contributed by atoms with E-state index in [0.29, 0.717) is 0 Å². The van der Waals surface area contributed by atoms with Gasteiger partial charge in [-0.15, -0.1) is 0 Å². The first-order chi connectivity index (χ1) is 9.99. The molecule has 1 aromatic carbocycles. The molecule has 1 aromatic heterocycles. The number of anilines is 3. The summed E-state index contributed by atoms with van der Waals surface area (Å²) in [6.45, 7) is 11.2. The number of aryl methyl sites for hydroxylation is 3. The number of nitrogens with one attached hydrogen (secondary N) is 2. The summed E-state index contributed by atoms with van der Waals surface area (Å²) in [4.78, 5) is 9.02. The van der Waals surface area contributed by atoms with Crippen LogP contribution in [-0.4, -0.2) is 16.5 Å². The second-order valence-electron chi connectivity index (χ2n) is 5.52. The Hall–Kier alpha value is -2.10. The molecule has 0 saturated heterocycles. The van der Waals surface area contributed by atoms with E-state index in [1.54, 1.807) is 0 Å². The van der Waals surface area contributed by atoms with E-state index >= 15 is 0 Å². The summed E-state index contributed by atoms with van der Waals surface area (Å²) in [5.41, 5.74) is 4.60. The quantitative estimate of drug-likeness (QED) is 0.860. The van der Waals surface area contributed by atoms with E-state index in [-0.39, 0.29) is 0 Å². The molecular formula is C17H24N4. The Kier molecular flexibility index (Phi) is 4.78. The summed E-state index contributed by atoms with van der Waals surface area (Å²) in [6.07, 6.45) is 1.07. The molecule has 0 aliphatic heterocycles. The van der Waals surface area contributed by atoms with Crippen molar-refractivity contribution in [3.05, 3.63) is 40.7 Å². The van der Waals surface area contributed by atoms with E-state index in [2.05, 4.69) is 59.6 Å². The molecule has 0 aliphatic carbocycles. The van der Waals surface area contributed by atoms with Gasteiger partial charge in [0.05, 0.1) is 0 Å². The molecule has 0 aliphatic rings. The summed E-state index contributed by atoms with van der Waals surface area (Å²) in [7, 11) is 0. The van der Waals surface area contributed by atoms with Crippen LogP contribution >= 0.6 is 0 Å². The molecule has 0 saturated carbocycles. The van der Waals surface area contributed by atoms with Crippen molar-refractivity contribution in [3.8, 4) is 0 Å². The van der Waals surface area contributed by atoms with E-state index in [4.69, 9.17) is 0 Å². The molecule has 1 heterocycles. The Balaban J connectivity index is 2.32. The maximum Gasteiger partial charge on any atom is 0.139 e. The molecule has 0 radical (unpaired) electrons.